The zero-order valence-electron chi connectivity index (χ0n) is 11.8. The number of benzene rings is 1. The summed E-state index contributed by atoms with van der Waals surface area (Å²) in [6, 6.07) is 7.21. The van der Waals surface area contributed by atoms with Gasteiger partial charge in [0.15, 0.2) is 0 Å². The fraction of sp³-hybridized carbons (Fsp3) is 0.533. The molecule has 21 heavy (non-hydrogen) atoms. The van der Waals surface area contributed by atoms with Gasteiger partial charge in [0.05, 0.1) is 12.7 Å². The lowest BCUT2D eigenvalue weighted by molar-refractivity contribution is 0.0678. The van der Waals surface area contributed by atoms with Gasteiger partial charge in [-0.15, -0.1) is 0 Å². The highest BCUT2D eigenvalue weighted by Gasteiger charge is 2.23. The maximum absolute atomic E-state index is 12.3. The van der Waals surface area contributed by atoms with Crippen LogP contribution in [0.25, 0.3) is 0 Å². The van der Waals surface area contributed by atoms with Gasteiger partial charge in [0.1, 0.15) is 0 Å². The van der Waals surface area contributed by atoms with Crippen LogP contribution in [0.4, 0.5) is 0 Å². The number of likely N-dealkylation sites (tertiary alicyclic amines) is 1. The molecule has 0 aromatic heterocycles. The molecule has 0 spiro atoms. The fourth-order valence-electron chi connectivity index (χ4n) is 2.43. The smallest absolute Gasteiger partial charge is 0.253 e. The predicted octanol–water partition coefficient (Wildman–Crippen LogP) is 0.887. The van der Waals surface area contributed by atoms with Crippen molar-refractivity contribution >= 4 is 17.5 Å². The van der Waals surface area contributed by atoms with Crippen molar-refractivity contribution in [2.75, 3.05) is 26.2 Å². The lowest BCUT2D eigenvalue weighted by Crippen LogP contribution is -2.46. The average Bonchev–Trinajstić information content (AvgIpc) is 2.53. The van der Waals surface area contributed by atoms with Gasteiger partial charge < -0.3 is 20.4 Å². The van der Waals surface area contributed by atoms with Crippen molar-refractivity contribution in [3.63, 3.8) is 0 Å². The van der Waals surface area contributed by atoms with Crippen LogP contribution >= 0.6 is 11.6 Å². The first kappa shape index (κ1) is 16.2. The summed E-state index contributed by atoms with van der Waals surface area (Å²) in [5, 5.41) is 21.9. The van der Waals surface area contributed by atoms with E-state index in [2.05, 4.69) is 5.32 Å². The quantitative estimate of drug-likeness (QED) is 0.755. The molecule has 3 N–H and O–H groups in total. The summed E-state index contributed by atoms with van der Waals surface area (Å²) in [6.07, 6.45) is 0.966. The molecule has 1 aliphatic rings. The number of rotatable bonds is 5. The van der Waals surface area contributed by atoms with Gasteiger partial charge in [0.2, 0.25) is 0 Å². The van der Waals surface area contributed by atoms with E-state index in [9.17, 15) is 9.90 Å². The first-order chi connectivity index (χ1) is 10.1. The normalized spacial score (nSPS) is 17.8. The number of piperidine rings is 1. The highest BCUT2D eigenvalue weighted by atomic mass is 35.5. The van der Waals surface area contributed by atoms with Gasteiger partial charge in [-0.25, -0.2) is 0 Å². The summed E-state index contributed by atoms with van der Waals surface area (Å²) in [6.45, 7) is 1.52. The van der Waals surface area contributed by atoms with E-state index in [1.807, 2.05) is 4.90 Å². The number of nitrogens with one attached hydrogen (secondary N) is 1. The third-order valence-corrected chi connectivity index (χ3v) is 3.98. The SMILES string of the molecule is O=C(c1ccc(Cl)cc1)N1CCC(NCC(O)CO)CC1. The van der Waals surface area contributed by atoms with Gasteiger partial charge >= 0.3 is 0 Å². The molecule has 116 valence electrons. The zero-order valence-corrected chi connectivity index (χ0v) is 12.6. The molecular weight excluding hydrogens is 292 g/mol. The highest BCUT2D eigenvalue weighted by Crippen LogP contribution is 2.16. The number of amides is 1. The molecule has 5 nitrogen and oxygen atoms in total. The van der Waals surface area contributed by atoms with Gasteiger partial charge in [-0.1, -0.05) is 11.6 Å². The van der Waals surface area contributed by atoms with Gasteiger partial charge in [-0.2, -0.15) is 0 Å². The van der Waals surface area contributed by atoms with Crippen molar-refractivity contribution in [1.29, 1.82) is 0 Å². The number of halogens is 1. The fourth-order valence-corrected chi connectivity index (χ4v) is 2.55. The molecule has 1 heterocycles. The van der Waals surface area contributed by atoms with Crippen LogP contribution in [0.3, 0.4) is 0 Å². The largest absolute Gasteiger partial charge is 0.394 e. The van der Waals surface area contributed by atoms with Gasteiger partial charge in [-0.05, 0) is 37.1 Å². The molecule has 1 unspecified atom stereocenters. The molecule has 1 aliphatic heterocycles. The summed E-state index contributed by atoms with van der Waals surface area (Å²) in [5.74, 6) is 0.0282. The number of aliphatic hydroxyl groups is 2. The summed E-state index contributed by atoms with van der Waals surface area (Å²) < 4.78 is 0. The minimum Gasteiger partial charge on any atom is -0.394 e. The van der Waals surface area contributed by atoms with E-state index in [-0.39, 0.29) is 18.6 Å². The summed E-state index contributed by atoms with van der Waals surface area (Å²) in [5.41, 5.74) is 0.654. The monoisotopic (exact) mass is 312 g/mol. The summed E-state index contributed by atoms with van der Waals surface area (Å²) in [7, 11) is 0. The van der Waals surface area contributed by atoms with E-state index in [0.29, 0.717) is 30.2 Å². The third kappa shape index (κ3) is 4.68. The Kier molecular flexibility index (Phi) is 5.99. The Morgan fingerprint density at radius 1 is 1.33 bits per heavy atom. The van der Waals surface area contributed by atoms with Gasteiger partial charge in [-0.3, -0.25) is 4.79 Å². The average molecular weight is 313 g/mol. The van der Waals surface area contributed by atoms with Crippen LogP contribution in [-0.2, 0) is 0 Å². The van der Waals surface area contributed by atoms with Crippen molar-refractivity contribution in [3.05, 3.63) is 34.9 Å². The van der Waals surface area contributed by atoms with Crippen molar-refractivity contribution in [3.8, 4) is 0 Å². The van der Waals surface area contributed by atoms with E-state index < -0.39 is 6.10 Å². The van der Waals surface area contributed by atoms with Crippen molar-refractivity contribution < 1.29 is 15.0 Å². The molecule has 1 aromatic rings. The van der Waals surface area contributed by atoms with E-state index >= 15 is 0 Å². The number of hydrogen-bond donors (Lipinski definition) is 3. The Morgan fingerprint density at radius 3 is 2.52 bits per heavy atom. The molecule has 1 aromatic carbocycles. The standard InChI is InChI=1S/C15H21ClN2O3/c16-12-3-1-11(2-4-12)15(21)18-7-5-13(6-8-18)17-9-14(20)10-19/h1-4,13-14,17,19-20H,5-10H2. The number of aliphatic hydroxyl groups excluding tert-OH is 2. The van der Waals surface area contributed by atoms with E-state index in [4.69, 9.17) is 16.7 Å². The van der Waals surface area contributed by atoms with Crippen molar-refractivity contribution in [2.24, 2.45) is 0 Å². The maximum Gasteiger partial charge on any atom is 0.253 e. The molecule has 1 saturated heterocycles. The first-order valence-corrected chi connectivity index (χ1v) is 7.55. The van der Waals surface area contributed by atoms with Gasteiger partial charge in [0, 0.05) is 36.3 Å². The lowest BCUT2D eigenvalue weighted by Gasteiger charge is -2.33. The van der Waals surface area contributed by atoms with Crippen molar-refractivity contribution in [1.82, 2.24) is 10.2 Å². The number of carbonyl (C=O) groups is 1. The Morgan fingerprint density at radius 2 is 1.95 bits per heavy atom. The number of nitrogens with zero attached hydrogens (tertiary/aromatic N) is 1. The third-order valence-electron chi connectivity index (χ3n) is 3.73. The summed E-state index contributed by atoms with van der Waals surface area (Å²) >= 11 is 5.82. The minimum atomic E-state index is -0.723. The Balaban J connectivity index is 1.80. The molecule has 0 radical (unpaired) electrons. The number of carbonyl (C=O) groups excluding carboxylic acids is 1. The number of hydrogen-bond acceptors (Lipinski definition) is 4. The highest BCUT2D eigenvalue weighted by molar-refractivity contribution is 6.30. The van der Waals surface area contributed by atoms with E-state index in [1.165, 1.54) is 0 Å². The molecule has 0 aliphatic carbocycles. The molecule has 1 atom stereocenters. The Hall–Kier alpha value is -1.14. The summed E-state index contributed by atoms with van der Waals surface area (Å²) in [4.78, 5) is 14.2. The Bertz CT molecular complexity index is 458. The van der Waals surface area contributed by atoms with E-state index in [0.717, 1.165) is 12.8 Å². The van der Waals surface area contributed by atoms with Crippen LogP contribution < -0.4 is 5.32 Å². The minimum absolute atomic E-state index is 0.0282. The molecule has 0 saturated carbocycles. The van der Waals surface area contributed by atoms with Gasteiger partial charge in [0.25, 0.3) is 5.91 Å². The topological polar surface area (TPSA) is 72.8 Å². The second kappa shape index (κ2) is 7.75. The van der Waals surface area contributed by atoms with Crippen molar-refractivity contribution in [2.45, 2.75) is 25.0 Å². The van der Waals surface area contributed by atoms with Crippen LogP contribution in [0.15, 0.2) is 24.3 Å². The molecule has 1 fully saturated rings. The first-order valence-electron chi connectivity index (χ1n) is 7.17. The van der Waals surface area contributed by atoms with Crippen LogP contribution in [0.2, 0.25) is 5.02 Å². The van der Waals surface area contributed by atoms with Crippen LogP contribution in [-0.4, -0.2) is 59.4 Å². The molecule has 0 bridgehead atoms. The van der Waals surface area contributed by atoms with E-state index in [1.54, 1.807) is 24.3 Å². The van der Waals surface area contributed by atoms with Crippen LogP contribution in [0.5, 0.6) is 0 Å². The zero-order chi connectivity index (χ0) is 15.2. The second-order valence-electron chi connectivity index (χ2n) is 5.32. The lowest BCUT2D eigenvalue weighted by atomic mass is 10.0. The molecule has 6 heteroatoms. The Labute approximate surface area is 129 Å². The molecule has 1 amide bonds. The van der Waals surface area contributed by atoms with Crippen LogP contribution in [0, 0.1) is 0 Å². The van der Waals surface area contributed by atoms with Crippen LogP contribution in [0.1, 0.15) is 23.2 Å². The maximum atomic E-state index is 12.3. The molecular formula is C15H21ClN2O3. The predicted molar refractivity (Wildman–Crippen MR) is 81.5 cm³/mol. The molecule has 2 rings (SSSR count). The second-order valence-corrected chi connectivity index (χ2v) is 5.75.